The molecule has 3 aromatic rings. The fraction of sp³-hybridized carbons (Fsp3) is 0.150. The van der Waals surface area contributed by atoms with Gasteiger partial charge < -0.3 is 15.1 Å². The summed E-state index contributed by atoms with van der Waals surface area (Å²) in [6.07, 6.45) is 1.61. The Balaban J connectivity index is 1.41. The van der Waals surface area contributed by atoms with Crippen molar-refractivity contribution in [3.8, 4) is 11.5 Å². The van der Waals surface area contributed by atoms with Crippen LogP contribution in [0.15, 0.2) is 71.3 Å². The van der Waals surface area contributed by atoms with E-state index in [9.17, 15) is 9.59 Å². The molecule has 2 N–H and O–H groups in total. The number of nitrogens with one attached hydrogen (secondary N) is 2. The van der Waals surface area contributed by atoms with Gasteiger partial charge in [0, 0.05) is 24.2 Å². The van der Waals surface area contributed by atoms with Crippen LogP contribution in [-0.4, -0.2) is 29.9 Å². The molecule has 0 aliphatic carbocycles. The summed E-state index contributed by atoms with van der Waals surface area (Å²) in [5.41, 5.74) is 2.02. The molecule has 0 bridgehead atoms. The third kappa shape index (κ3) is 4.80. The van der Waals surface area contributed by atoms with Crippen LogP contribution in [0.4, 0.5) is 0 Å². The minimum atomic E-state index is -0.174. The van der Waals surface area contributed by atoms with Gasteiger partial charge in [0.2, 0.25) is 11.8 Å². The molecule has 1 heterocycles. The Kier molecular flexibility index (Phi) is 5.77. The summed E-state index contributed by atoms with van der Waals surface area (Å²) in [7, 11) is 0. The lowest BCUT2D eigenvalue weighted by Gasteiger charge is -2.06. The number of benzene rings is 2. The smallest absolute Gasteiger partial charge is 0.251 e. The molecule has 132 valence electrons. The second-order valence-electron chi connectivity index (χ2n) is 5.66. The van der Waals surface area contributed by atoms with Gasteiger partial charge in [0.15, 0.2) is 0 Å². The zero-order valence-corrected chi connectivity index (χ0v) is 14.1. The molecule has 0 saturated heterocycles. The predicted molar refractivity (Wildman–Crippen MR) is 97.4 cm³/mol. The molecule has 0 saturated carbocycles. The van der Waals surface area contributed by atoms with Gasteiger partial charge in [0.25, 0.3) is 5.91 Å². The van der Waals surface area contributed by atoms with Crippen molar-refractivity contribution >= 4 is 11.8 Å². The van der Waals surface area contributed by atoms with E-state index in [0.29, 0.717) is 30.2 Å². The highest BCUT2D eigenvalue weighted by Crippen LogP contribution is 2.17. The first-order valence-electron chi connectivity index (χ1n) is 8.32. The lowest BCUT2D eigenvalue weighted by Crippen LogP contribution is -2.35. The van der Waals surface area contributed by atoms with Crippen molar-refractivity contribution in [3.63, 3.8) is 0 Å². The summed E-state index contributed by atoms with van der Waals surface area (Å²) < 4.78 is 5.41. The van der Waals surface area contributed by atoms with E-state index in [2.05, 4.69) is 15.6 Å². The van der Waals surface area contributed by atoms with Crippen LogP contribution in [0.25, 0.3) is 11.5 Å². The van der Waals surface area contributed by atoms with Crippen LogP contribution in [-0.2, 0) is 11.2 Å². The van der Waals surface area contributed by atoms with Gasteiger partial charge in [-0.05, 0) is 24.3 Å². The lowest BCUT2D eigenvalue weighted by molar-refractivity contribution is -0.120. The third-order valence-corrected chi connectivity index (χ3v) is 3.68. The predicted octanol–water partition coefficient (Wildman–Crippen LogP) is 2.43. The lowest BCUT2D eigenvalue weighted by atomic mass is 10.2. The first-order chi connectivity index (χ1) is 12.7. The Hall–Kier alpha value is -3.41. The molecule has 0 spiro atoms. The maximum atomic E-state index is 12.0. The number of carbonyl (C=O) groups excluding carboxylic acids is 2. The van der Waals surface area contributed by atoms with E-state index in [4.69, 9.17) is 4.42 Å². The summed E-state index contributed by atoms with van der Waals surface area (Å²) in [6, 6.07) is 18.4. The zero-order valence-electron chi connectivity index (χ0n) is 14.1. The SMILES string of the molecule is O=C(Cc1coc(-c2ccccc2)n1)NCCNC(=O)c1ccccc1. The molecule has 0 unspecified atom stereocenters. The van der Waals surface area contributed by atoms with Crippen molar-refractivity contribution in [2.24, 2.45) is 0 Å². The van der Waals surface area contributed by atoms with Gasteiger partial charge in [-0.2, -0.15) is 0 Å². The number of carbonyl (C=O) groups is 2. The Morgan fingerprint density at radius 3 is 2.27 bits per heavy atom. The zero-order chi connectivity index (χ0) is 18.2. The Labute approximate surface area is 151 Å². The van der Waals surface area contributed by atoms with Crippen LogP contribution in [0, 0.1) is 0 Å². The normalized spacial score (nSPS) is 10.3. The van der Waals surface area contributed by atoms with E-state index in [1.54, 1.807) is 24.3 Å². The van der Waals surface area contributed by atoms with Crippen molar-refractivity contribution in [2.45, 2.75) is 6.42 Å². The maximum absolute atomic E-state index is 12.0. The van der Waals surface area contributed by atoms with Crippen LogP contribution in [0.5, 0.6) is 0 Å². The third-order valence-electron chi connectivity index (χ3n) is 3.68. The molecule has 26 heavy (non-hydrogen) atoms. The van der Waals surface area contributed by atoms with Gasteiger partial charge in [-0.25, -0.2) is 4.98 Å². The van der Waals surface area contributed by atoms with Gasteiger partial charge in [0.05, 0.1) is 12.1 Å². The number of nitrogens with zero attached hydrogens (tertiary/aromatic N) is 1. The van der Waals surface area contributed by atoms with Gasteiger partial charge in [-0.15, -0.1) is 0 Å². The van der Waals surface area contributed by atoms with Crippen LogP contribution in [0.2, 0.25) is 0 Å². The Morgan fingerprint density at radius 1 is 0.885 bits per heavy atom. The number of aromatic nitrogens is 1. The average Bonchev–Trinajstić information content (AvgIpc) is 3.15. The van der Waals surface area contributed by atoms with Crippen molar-refractivity contribution in [2.75, 3.05) is 13.1 Å². The highest BCUT2D eigenvalue weighted by atomic mass is 16.3. The molecule has 0 fully saturated rings. The topological polar surface area (TPSA) is 84.2 Å². The van der Waals surface area contributed by atoms with E-state index < -0.39 is 0 Å². The second-order valence-corrected chi connectivity index (χ2v) is 5.66. The van der Waals surface area contributed by atoms with Gasteiger partial charge in [-0.3, -0.25) is 9.59 Å². The average molecular weight is 349 g/mol. The fourth-order valence-corrected chi connectivity index (χ4v) is 2.40. The van der Waals surface area contributed by atoms with Crippen LogP contribution in [0.1, 0.15) is 16.1 Å². The first kappa shape index (κ1) is 17.4. The standard InChI is InChI=1S/C20H19N3O3/c24-18(21-11-12-22-19(25)15-7-3-1-4-8-15)13-17-14-26-20(23-17)16-9-5-2-6-10-16/h1-10,14H,11-13H2,(H,21,24)(H,22,25). The monoisotopic (exact) mass is 349 g/mol. The molecular weight excluding hydrogens is 330 g/mol. The number of hydrogen-bond donors (Lipinski definition) is 2. The van der Waals surface area contributed by atoms with Crippen molar-refractivity contribution in [1.29, 1.82) is 0 Å². The molecule has 0 radical (unpaired) electrons. The largest absolute Gasteiger partial charge is 0.444 e. The molecule has 3 rings (SSSR count). The summed E-state index contributed by atoms with van der Waals surface area (Å²) in [5, 5.41) is 5.51. The van der Waals surface area contributed by atoms with Crippen molar-refractivity contribution in [3.05, 3.63) is 78.2 Å². The van der Waals surface area contributed by atoms with E-state index >= 15 is 0 Å². The molecule has 0 atom stereocenters. The Bertz CT molecular complexity index is 860. The first-order valence-corrected chi connectivity index (χ1v) is 8.32. The summed E-state index contributed by atoms with van der Waals surface area (Å²) in [4.78, 5) is 28.2. The molecule has 2 aromatic carbocycles. The molecule has 6 nitrogen and oxygen atoms in total. The molecule has 0 aliphatic heterocycles. The molecule has 1 aromatic heterocycles. The number of oxazole rings is 1. The van der Waals surface area contributed by atoms with Crippen LogP contribution < -0.4 is 10.6 Å². The van der Waals surface area contributed by atoms with Crippen molar-refractivity contribution < 1.29 is 14.0 Å². The summed E-state index contributed by atoms with van der Waals surface area (Å²) in [6.45, 7) is 0.703. The molecule has 0 aliphatic rings. The van der Waals surface area contributed by atoms with Gasteiger partial charge in [0.1, 0.15) is 6.26 Å². The second kappa shape index (κ2) is 8.62. The minimum Gasteiger partial charge on any atom is -0.444 e. The molecule has 6 heteroatoms. The number of amides is 2. The van der Waals surface area contributed by atoms with E-state index in [-0.39, 0.29) is 18.2 Å². The van der Waals surface area contributed by atoms with E-state index in [1.165, 1.54) is 6.26 Å². The van der Waals surface area contributed by atoms with E-state index in [1.807, 2.05) is 36.4 Å². The fourth-order valence-electron chi connectivity index (χ4n) is 2.40. The number of hydrogen-bond acceptors (Lipinski definition) is 4. The summed E-state index contributed by atoms with van der Waals surface area (Å²) >= 11 is 0. The summed E-state index contributed by atoms with van der Waals surface area (Å²) in [5.74, 6) is 0.152. The van der Waals surface area contributed by atoms with Crippen LogP contribution in [0.3, 0.4) is 0 Å². The molecular formula is C20H19N3O3. The van der Waals surface area contributed by atoms with Crippen LogP contribution >= 0.6 is 0 Å². The minimum absolute atomic E-state index is 0.128. The maximum Gasteiger partial charge on any atom is 0.251 e. The van der Waals surface area contributed by atoms with Gasteiger partial charge >= 0.3 is 0 Å². The number of rotatable bonds is 7. The quantitative estimate of drug-likeness (QED) is 0.642. The van der Waals surface area contributed by atoms with E-state index in [0.717, 1.165) is 5.56 Å². The highest BCUT2D eigenvalue weighted by molar-refractivity contribution is 5.94. The Morgan fingerprint density at radius 2 is 1.54 bits per heavy atom. The van der Waals surface area contributed by atoms with Crippen molar-refractivity contribution in [1.82, 2.24) is 15.6 Å². The highest BCUT2D eigenvalue weighted by Gasteiger charge is 2.10. The van der Waals surface area contributed by atoms with Gasteiger partial charge in [-0.1, -0.05) is 36.4 Å². The molecule has 2 amide bonds.